The SMILES string of the molecule is CC12CCC(=O)N1C(C(=O)NC1CCCc3cc(N)ccc31)CS2. The lowest BCUT2D eigenvalue weighted by molar-refractivity contribution is -0.138. The Balaban J connectivity index is 1.53. The molecule has 1 aromatic rings. The second kappa shape index (κ2) is 5.69. The highest BCUT2D eigenvalue weighted by molar-refractivity contribution is 8.01. The number of hydrogen-bond acceptors (Lipinski definition) is 4. The molecule has 2 saturated heterocycles. The molecule has 5 nitrogen and oxygen atoms in total. The summed E-state index contributed by atoms with van der Waals surface area (Å²) in [6.45, 7) is 2.08. The van der Waals surface area contributed by atoms with E-state index in [9.17, 15) is 9.59 Å². The van der Waals surface area contributed by atoms with E-state index in [-0.39, 0.29) is 28.8 Å². The van der Waals surface area contributed by atoms with Crippen molar-refractivity contribution in [3.63, 3.8) is 0 Å². The first-order chi connectivity index (χ1) is 11.5. The fourth-order valence-corrected chi connectivity index (χ4v) is 5.70. The highest BCUT2D eigenvalue weighted by Gasteiger charge is 2.53. The summed E-state index contributed by atoms with van der Waals surface area (Å²) in [6, 6.07) is 5.63. The van der Waals surface area contributed by atoms with Crippen LogP contribution in [0.3, 0.4) is 0 Å². The second-order valence-corrected chi connectivity index (χ2v) is 8.68. The number of amides is 2. The van der Waals surface area contributed by atoms with Crippen LogP contribution in [0.2, 0.25) is 0 Å². The van der Waals surface area contributed by atoms with Gasteiger partial charge in [0.1, 0.15) is 6.04 Å². The Kier molecular flexibility index (Phi) is 3.75. The standard InChI is InChI=1S/C18H23N3O2S/c1-18-8-7-16(22)21(18)15(10-24-18)17(23)20-14-4-2-3-11-9-12(19)5-6-13(11)14/h5-6,9,14-15H,2-4,7-8,10,19H2,1H3,(H,20,23). The summed E-state index contributed by atoms with van der Waals surface area (Å²) >= 11 is 1.73. The zero-order chi connectivity index (χ0) is 16.9. The molecule has 3 N–H and O–H groups in total. The minimum atomic E-state index is -0.339. The minimum absolute atomic E-state index is 0.0175. The molecule has 1 aliphatic carbocycles. The molecule has 3 atom stereocenters. The molecule has 0 radical (unpaired) electrons. The average Bonchev–Trinajstić information content (AvgIpc) is 3.04. The number of carbonyl (C=O) groups excluding carboxylic acids is 2. The van der Waals surface area contributed by atoms with Crippen LogP contribution in [0.1, 0.15) is 49.8 Å². The summed E-state index contributed by atoms with van der Waals surface area (Å²) in [5.74, 6) is 0.783. The van der Waals surface area contributed by atoms with Gasteiger partial charge in [-0.25, -0.2) is 0 Å². The minimum Gasteiger partial charge on any atom is -0.399 e. The van der Waals surface area contributed by atoms with Crippen LogP contribution in [0, 0.1) is 0 Å². The first kappa shape index (κ1) is 15.8. The number of nitrogens with zero attached hydrogens (tertiary/aromatic N) is 1. The fourth-order valence-electron chi connectivity index (χ4n) is 4.27. The van der Waals surface area contributed by atoms with Gasteiger partial charge in [0.15, 0.2) is 0 Å². The third-order valence-corrected chi connectivity index (χ3v) is 7.05. The van der Waals surface area contributed by atoms with Crippen LogP contribution >= 0.6 is 11.8 Å². The highest BCUT2D eigenvalue weighted by Crippen LogP contribution is 2.47. The molecular weight excluding hydrogens is 322 g/mol. The topological polar surface area (TPSA) is 75.4 Å². The molecule has 6 heteroatoms. The number of nitrogens with two attached hydrogens (primary N) is 1. The summed E-state index contributed by atoms with van der Waals surface area (Å²) in [5.41, 5.74) is 9.05. The molecule has 2 amide bonds. The Hall–Kier alpha value is -1.69. The van der Waals surface area contributed by atoms with Crippen molar-refractivity contribution in [1.82, 2.24) is 10.2 Å². The average molecular weight is 345 g/mol. The number of rotatable bonds is 2. The van der Waals surface area contributed by atoms with Gasteiger partial charge in [-0.15, -0.1) is 11.8 Å². The largest absolute Gasteiger partial charge is 0.399 e. The zero-order valence-corrected chi connectivity index (χ0v) is 14.7. The van der Waals surface area contributed by atoms with Crippen LogP contribution in [-0.2, 0) is 16.0 Å². The normalized spacial score (nSPS) is 31.7. The van der Waals surface area contributed by atoms with Gasteiger partial charge in [-0.3, -0.25) is 9.59 Å². The number of benzene rings is 1. The molecule has 0 spiro atoms. The van der Waals surface area contributed by atoms with Gasteiger partial charge >= 0.3 is 0 Å². The number of nitrogen functional groups attached to an aromatic ring is 1. The van der Waals surface area contributed by atoms with Gasteiger partial charge in [-0.1, -0.05) is 6.07 Å². The van der Waals surface area contributed by atoms with Crippen LogP contribution in [0.25, 0.3) is 0 Å². The van der Waals surface area contributed by atoms with E-state index < -0.39 is 0 Å². The number of hydrogen-bond donors (Lipinski definition) is 2. The fraction of sp³-hybridized carbons (Fsp3) is 0.556. The lowest BCUT2D eigenvalue weighted by Gasteiger charge is -2.32. The summed E-state index contributed by atoms with van der Waals surface area (Å²) in [7, 11) is 0. The quantitative estimate of drug-likeness (QED) is 0.806. The Morgan fingerprint density at radius 1 is 1.42 bits per heavy atom. The number of fused-ring (bicyclic) bond motifs is 2. The van der Waals surface area contributed by atoms with Gasteiger partial charge in [0.25, 0.3) is 0 Å². The van der Waals surface area contributed by atoms with Crippen molar-refractivity contribution in [2.75, 3.05) is 11.5 Å². The van der Waals surface area contributed by atoms with Crippen molar-refractivity contribution in [3.05, 3.63) is 29.3 Å². The molecule has 2 heterocycles. The molecule has 0 aromatic heterocycles. The smallest absolute Gasteiger partial charge is 0.244 e. The molecule has 2 aliphatic heterocycles. The van der Waals surface area contributed by atoms with E-state index in [0.29, 0.717) is 12.2 Å². The number of carbonyl (C=O) groups is 2. The van der Waals surface area contributed by atoms with Crippen LogP contribution in [0.15, 0.2) is 18.2 Å². The third kappa shape index (κ3) is 2.48. The maximum absolute atomic E-state index is 12.9. The van der Waals surface area contributed by atoms with Gasteiger partial charge < -0.3 is 16.0 Å². The van der Waals surface area contributed by atoms with Crippen LogP contribution in [0.4, 0.5) is 5.69 Å². The molecule has 3 unspecified atom stereocenters. The predicted molar refractivity (Wildman–Crippen MR) is 95.4 cm³/mol. The van der Waals surface area contributed by atoms with Crippen molar-refractivity contribution >= 4 is 29.3 Å². The molecular formula is C18H23N3O2S. The van der Waals surface area contributed by atoms with E-state index in [4.69, 9.17) is 5.73 Å². The summed E-state index contributed by atoms with van der Waals surface area (Å²) in [6.07, 6.45) is 4.38. The summed E-state index contributed by atoms with van der Waals surface area (Å²) in [4.78, 5) is 26.7. The Labute approximate surface area is 146 Å². The molecule has 1 aromatic carbocycles. The van der Waals surface area contributed by atoms with E-state index in [0.717, 1.165) is 31.4 Å². The predicted octanol–water partition coefficient (Wildman–Crippen LogP) is 2.22. The van der Waals surface area contributed by atoms with E-state index in [1.54, 1.807) is 11.8 Å². The molecule has 128 valence electrons. The number of nitrogens with one attached hydrogen (secondary N) is 1. The molecule has 0 bridgehead atoms. The monoisotopic (exact) mass is 345 g/mol. The van der Waals surface area contributed by atoms with Crippen molar-refractivity contribution in [2.45, 2.75) is 56.0 Å². The van der Waals surface area contributed by atoms with Gasteiger partial charge in [-0.05, 0) is 55.9 Å². The molecule has 0 saturated carbocycles. The van der Waals surface area contributed by atoms with Crippen molar-refractivity contribution in [2.24, 2.45) is 0 Å². The zero-order valence-electron chi connectivity index (χ0n) is 13.9. The first-order valence-corrected chi connectivity index (χ1v) is 9.61. The van der Waals surface area contributed by atoms with Gasteiger partial charge in [0, 0.05) is 17.9 Å². The molecule has 4 rings (SSSR count). The number of aryl methyl sites for hydroxylation is 1. The van der Waals surface area contributed by atoms with Crippen molar-refractivity contribution < 1.29 is 9.59 Å². The molecule has 2 fully saturated rings. The van der Waals surface area contributed by atoms with Crippen LogP contribution in [-0.4, -0.2) is 33.4 Å². The summed E-state index contributed by atoms with van der Waals surface area (Å²) in [5, 5.41) is 3.20. The lowest BCUT2D eigenvalue weighted by Crippen LogP contribution is -2.50. The lowest BCUT2D eigenvalue weighted by atomic mass is 9.87. The highest BCUT2D eigenvalue weighted by atomic mass is 32.2. The second-order valence-electron chi connectivity index (χ2n) is 7.18. The van der Waals surface area contributed by atoms with Crippen LogP contribution < -0.4 is 11.1 Å². The molecule has 24 heavy (non-hydrogen) atoms. The number of thioether (sulfide) groups is 1. The van der Waals surface area contributed by atoms with Gasteiger partial charge in [0.2, 0.25) is 11.8 Å². The van der Waals surface area contributed by atoms with Crippen LogP contribution in [0.5, 0.6) is 0 Å². The van der Waals surface area contributed by atoms with Gasteiger partial charge in [0.05, 0.1) is 10.9 Å². The maximum Gasteiger partial charge on any atom is 0.244 e. The van der Waals surface area contributed by atoms with Gasteiger partial charge in [-0.2, -0.15) is 0 Å². The van der Waals surface area contributed by atoms with E-state index in [2.05, 4.69) is 12.2 Å². The van der Waals surface area contributed by atoms with E-state index in [1.807, 2.05) is 23.1 Å². The van der Waals surface area contributed by atoms with Crippen molar-refractivity contribution in [1.29, 1.82) is 0 Å². The Morgan fingerprint density at radius 2 is 2.25 bits per heavy atom. The van der Waals surface area contributed by atoms with E-state index >= 15 is 0 Å². The Bertz CT molecular complexity index is 708. The summed E-state index contributed by atoms with van der Waals surface area (Å²) < 4.78 is 0. The van der Waals surface area contributed by atoms with E-state index in [1.165, 1.54) is 11.1 Å². The number of anilines is 1. The Morgan fingerprint density at radius 3 is 3.08 bits per heavy atom. The maximum atomic E-state index is 12.9. The third-order valence-electron chi connectivity index (χ3n) is 5.55. The first-order valence-electron chi connectivity index (χ1n) is 8.63. The van der Waals surface area contributed by atoms with Crippen molar-refractivity contribution in [3.8, 4) is 0 Å². The molecule has 3 aliphatic rings.